The molecule has 1 aliphatic rings. The van der Waals surface area contributed by atoms with Gasteiger partial charge in [0.15, 0.2) is 4.98 Å². The molecule has 0 aliphatic heterocycles. The van der Waals surface area contributed by atoms with Crippen LogP contribution < -0.4 is 0 Å². The van der Waals surface area contributed by atoms with E-state index >= 15 is 0 Å². The molecule has 0 saturated carbocycles. The Hall–Kier alpha value is -3.45. The fourth-order valence-electron chi connectivity index (χ4n) is 3.35. The largest absolute Gasteiger partial charge is 0.461 e. The first kappa shape index (κ1) is 15.1. The Morgan fingerprint density at radius 2 is 1.44 bits per heavy atom. The summed E-state index contributed by atoms with van der Waals surface area (Å²) in [6.45, 7) is 0.291. The highest BCUT2D eigenvalue weighted by Gasteiger charge is 2.29. The van der Waals surface area contributed by atoms with Crippen LogP contribution in [0.1, 0.15) is 27.4 Å². The fraction of sp³-hybridized carbons (Fsp3) is 0.0952. The van der Waals surface area contributed by atoms with Crippen LogP contribution in [0.3, 0.4) is 0 Å². The van der Waals surface area contributed by atoms with Crippen molar-refractivity contribution in [1.82, 2.24) is 0 Å². The lowest BCUT2D eigenvalue weighted by atomic mass is 9.98. The monoisotopic (exact) mass is 327 g/mol. The quantitative estimate of drug-likeness (QED) is 0.494. The van der Waals surface area contributed by atoms with Crippen LogP contribution in [0.25, 0.3) is 16.1 Å². The fourth-order valence-corrected chi connectivity index (χ4v) is 3.35. The standard InChI is InChI=1S/C21H15N2O2/c22-23-15-11-9-14(10-12-15)21(24)25-13-20-18-7-3-1-5-16(18)17-6-2-4-8-19(17)20/h1-12,20H,13H2/q+1. The zero-order valence-electron chi connectivity index (χ0n) is 13.4. The number of nitrogens with zero attached hydrogens (tertiary/aromatic N) is 2. The van der Waals surface area contributed by atoms with Crippen LogP contribution in [0, 0.1) is 5.39 Å². The van der Waals surface area contributed by atoms with E-state index in [1.807, 2.05) is 24.3 Å². The molecule has 0 spiro atoms. The highest BCUT2D eigenvalue weighted by Crippen LogP contribution is 2.44. The van der Waals surface area contributed by atoms with Gasteiger partial charge in [0.1, 0.15) is 6.61 Å². The van der Waals surface area contributed by atoms with Crippen molar-refractivity contribution in [3.8, 4) is 11.1 Å². The first-order valence-electron chi connectivity index (χ1n) is 8.08. The Morgan fingerprint density at radius 3 is 2.00 bits per heavy atom. The number of hydrogen-bond donors (Lipinski definition) is 0. The minimum absolute atomic E-state index is 0.0445. The smallest absolute Gasteiger partial charge is 0.385 e. The van der Waals surface area contributed by atoms with Crippen molar-refractivity contribution in [1.29, 1.82) is 5.39 Å². The summed E-state index contributed by atoms with van der Waals surface area (Å²) >= 11 is 0. The third kappa shape index (κ3) is 2.66. The van der Waals surface area contributed by atoms with Crippen molar-refractivity contribution in [2.75, 3.05) is 6.61 Å². The van der Waals surface area contributed by atoms with Crippen LogP contribution >= 0.6 is 0 Å². The molecule has 0 bridgehead atoms. The van der Waals surface area contributed by atoms with Gasteiger partial charge < -0.3 is 4.74 Å². The van der Waals surface area contributed by atoms with Crippen LogP contribution in [0.2, 0.25) is 0 Å². The number of hydrogen-bond acceptors (Lipinski definition) is 3. The van der Waals surface area contributed by atoms with Gasteiger partial charge in [0, 0.05) is 18.1 Å². The summed E-state index contributed by atoms with van der Waals surface area (Å²) in [5, 5.41) is 8.71. The predicted octanol–water partition coefficient (Wildman–Crippen LogP) is 5.14. The van der Waals surface area contributed by atoms with E-state index in [4.69, 9.17) is 10.1 Å². The number of carbonyl (C=O) groups is 1. The van der Waals surface area contributed by atoms with E-state index in [1.165, 1.54) is 22.3 Å². The van der Waals surface area contributed by atoms with Gasteiger partial charge in [0.05, 0.1) is 5.56 Å². The molecule has 0 atom stereocenters. The molecule has 0 radical (unpaired) electrons. The van der Waals surface area contributed by atoms with Crippen molar-refractivity contribution < 1.29 is 9.53 Å². The van der Waals surface area contributed by atoms with Gasteiger partial charge in [-0.05, 0) is 34.4 Å². The minimum Gasteiger partial charge on any atom is -0.461 e. The average Bonchev–Trinajstić information content (AvgIpc) is 3.00. The maximum Gasteiger partial charge on any atom is 0.385 e. The molecule has 0 fully saturated rings. The highest BCUT2D eigenvalue weighted by molar-refractivity contribution is 5.90. The van der Waals surface area contributed by atoms with Gasteiger partial charge in [-0.2, -0.15) is 0 Å². The Bertz CT molecular complexity index is 942. The molecule has 0 unspecified atom stereocenters. The van der Waals surface area contributed by atoms with Gasteiger partial charge in [-0.1, -0.05) is 48.5 Å². The molecule has 0 N–H and O–H groups in total. The summed E-state index contributed by atoms with van der Waals surface area (Å²) in [6.07, 6.45) is 0. The molecule has 4 rings (SSSR count). The first-order chi connectivity index (χ1) is 12.3. The second-order valence-corrected chi connectivity index (χ2v) is 5.97. The molecule has 25 heavy (non-hydrogen) atoms. The zero-order chi connectivity index (χ0) is 17.2. The lowest BCUT2D eigenvalue weighted by Crippen LogP contribution is -2.12. The van der Waals surface area contributed by atoms with E-state index in [2.05, 4.69) is 29.2 Å². The molecular weight excluding hydrogens is 312 g/mol. The maximum absolute atomic E-state index is 12.3. The van der Waals surface area contributed by atoms with Crippen molar-refractivity contribution in [2.45, 2.75) is 5.92 Å². The Morgan fingerprint density at radius 1 is 0.880 bits per heavy atom. The summed E-state index contributed by atoms with van der Waals surface area (Å²) in [7, 11) is 0. The molecule has 4 heteroatoms. The molecule has 0 amide bonds. The topological polar surface area (TPSA) is 54.5 Å². The molecule has 120 valence electrons. The van der Waals surface area contributed by atoms with E-state index in [9.17, 15) is 4.79 Å². The van der Waals surface area contributed by atoms with Crippen molar-refractivity contribution in [3.63, 3.8) is 0 Å². The summed E-state index contributed by atoms with van der Waals surface area (Å²) in [6, 6.07) is 22.8. The van der Waals surface area contributed by atoms with E-state index in [-0.39, 0.29) is 11.9 Å². The summed E-state index contributed by atoms with van der Waals surface area (Å²) in [4.78, 5) is 15.4. The maximum atomic E-state index is 12.3. The summed E-state index contributed by atoms with van der Waals surface area (Å²) in [5.41, 5.74) is 5.61. The molecule has 0 aromatic heterocycles. The predicted molar refractivity (Wildman–Crippen MR) is 95.2 cm³/mol. The van der Waals surface area contributed by atoms with Crippen LogP contribution in [0.4, 0.5) is 5.69 Å². The minimum atomic E-state index is -0.383. The number of benzene rings is 3. The first-order valence-corrected chi connectivity index (χ1v) is 8.08. The second-order valence-electron chi connectivity index (χ2n) is 5.97. The normalized spacial score (nSPS) is 12.1. The van der Waals surface area contributed by atoms with Crippen LogP contribution in [-0.4, -0.2) is 12.6 Å². The van der Waals surface area contributed by atoms with Crippen molar-refractivity contribution >= 4 is 11.7 Å². The summed E-state index contributed by atoms with van der Waals surface area (Å²) in [5.74, 6) is -0.339. The third-order valence-electron chi connectivity index (χ3n) is 4.56. The molecule has 0 heterocycles. The van der Waals surface area contributed by atoms with E-state index in [0.29, 0.717) is 17.9 Å². The molecule has 4 nitrogen and oxygen atoms in total. The Balaban J connectivity index is 1.57. The molecular formula is C21H15N2O2+. The van der Waals surface area contributed by atoms with E-state index < -0.39 is 0 Å². The van der Waals surface area contributed by atoms with E-state index in [1.54, 1.807) is 24.3 Å². The van der Waals surface area contributed by atoms with Crippen molar-refractivity contribution in [2.24, 2.45) is 0 Å². The Kier molecular flexibility index (Phi) is 3.75. The van der Waals surface area contributed by atoms with Crippen LogP contribution in [0.15, 0.2) is 72.8 Å². The van der Waals surface area contributed by atoms with Gasteiger partial charge in [-0.25, -0.2) is 4.79 Å². The molecule has 3 aromatic carbocycles. The Labute approximate surface area is 145 Å². The van der Waals surface area contributed by atoms with Gasteiger partial charge in [0.25, 0.3) is 0 Å². The molecule has 0 saturated heterocycles. The highest BCUT2D eigenvalue weighted by atomic mass is 16.5. The van der Waals surface area contributed by atoms with Crippen LogP contribution in [-0.2, 0) is 4.74 Å². The SMILES string of the molecule is N#[N+]c1ccc(C(=O)OCC2c3ccccc3-c3ccccc32)cc1. The number of carbonyl (C=O) groups excluding carboxylic acids is 1. The lowest BCUT2D eigenvalue weighted by molar-refractivity contribution is 0.0493. The van der Waals surface area contributed by atoms with E-state index in [0.717, 1.165) is 0 Å². The zero-order valence-corrected chi connectivity index (χ0v) is 13.4. The summed E-state index contributed by atoms with van der Waals surface area (Å²) < 4.78 is 5.57. The van der Waals surface area contributed by atoms with Gasteiger partial charge in [0.2, 0.25) is 5.39 Å². The van der Waals surface area contributed by atoms with Gasteiger partial charge >= 0.3 is 11.7 Å². The number of ether oxygens (including phenoxy) is 1. The molecule has 3 aromatic rings. The van der Waals surface area contributed by atoms with Crippen LogP contribution in [0.5, 0.6) is 0 Å². The third-order valence-corrected chi connectivity index (χ3v) is 4.56. The number of esters is 1. The van der Waals surface area contributed by atoms with Gasteiger partial charge in [-0.15, -0.1) is 0 Å². The lowest BCUT2D eigenvalue weighted by Gasteiger charge is -2.14. The van der Waals surface area contributed by atoms with Gasteiger partial charge in [-0.3, -0.25) is 0 Å². The number of diazo groups is 1. The average molecular weight is 327 g/mol. The number of fused-ring (bicyclic) bond motifs is 3. The number of rotatable bonds is 3. The van der Waals surface area contributed by atoms with Crippen molar-refractivity contribution in [3.05, 3.63) is 94.5 Å². The molecule has 1 aliphatic carbocycles. The second kappa shape index (κ2) is 6.21.